The van der Waals surface area contributed by atoms with Gasteiger partial charge in [-0.2, -0.15) is 0 Å². The molecule has 6 amide bonds. The van der Waals surface area contributed by atoms with Crippen LogP contribution < -0.4 is 20.3 Å². The van der Waals surface area contributed by atoms with E-state index in [9.17, 15) is 24.0 Å². The van der Waals surface area contributed by atoms with Crippen LogP contribution in [0.15, 0.2) is 18.2 Å². The van der Waals surface area contributed by atoms with Crippen molar-refractivity contribution < 1.29 is 28.7 Å². The lowest BCUT2D eigenvalue weighted by atomic mass is 9.88. The molecule has 4 aliphatic rings. The summed E-state index contributed by atoms with van der Waals surface area (Å²) in [5, 5.41) is 5.53. The number of nitrogens with one attached hydrogen (secondary N) is 2. The van der Waals surface area contributed by atoms with Gasteiger partial charge < -0.3 is 19.9 Å². The molecule has 3 aliphatic heterocycles. The van der Waals surface area contributed by atoms with Gasteiger partial charge in [0.05, 0.1) is 12.8 Å². The van der Waals surface area contributed by atoms with Crippen LogP contribution >= 0.6 is 0 Å². The second kappa shape index (κ2) is 12.9. The minimum Gasteiger partial charge on any atom is -0.495 e. The molecule has 1 aromatic carbocycles. The maximum atomic E-state index is 13.4. The van der Waals surface area contributed by atoms with Crippen molar-refractivity contribution in [3.63, 3.8) is 0 Å². The number of piperidine rings is 2. The van der Waals surface area contributed by atoms with Crippen molar-refractivity contribution in [2.24, 2.45) is 11.8 Å². The third kappa shape index (κ3) is 6.65. The van der Waals surface area contributed by atoms with Crippen molar-refractivity contribution in [2.45, 2.75) is 70.3 Å². The predicted molar refractivity (Wildman–Crippen MR) is 151 cm³/mol. The first-order chi connectivity index (χ1) is 19.8. The number of urea groups is 1. The molecule has 3 heterocycles. The van der Waals surface area contributed by atoms with Gasteiger partial charge in [-0.25, -0.2) is 4.79 Å². The number of imide groups is 1. The highest BCUT2D eigenvalue weighted by atomic mass is 16.5. The van der Waals surface area contributed by atoms with E-state index in [1.54, 1.807) is 23.1 Å². The Morgan fingerprint density at radius 2 is 1.54 bits per heavy atom. The minimum absolute atomic E-state index is 0.117. The number of benzene rings is 1. The van der Waals surface area contributed by atoms with E-state index >= 15 is 0 Å². The van der Waals surface area contributed by atoms with Gasteiger partial charge in [0.15, 0.2) is 0 Å². The van der Waals surface area contributed by atoms with Crippen molar-refractivity contribution in [2.75, 3.05) is 44.7 Å². The Balaban J connectivity index is 1.11. The Kier molecular flexibility index (Phi) is 9.09. The molecule has 2 N–H and O–H groups in total. The summed E-state index contributed by atoms with van der Waals surface area (Å²) in [5.41, 5.74) is 0.861. The molecular weight excluding hydrogens is 526 g/mol. The van der Waals surface area contributed by atoms with Gasteiger partial charge in [-0.1, -0.05) is 19.3 Å². The smallest absolute Gasteiger partial charge is 0.328 e. The fourth-order valence-electron chi connectivity index (χ4n) is 6.53. The minimum atomic E-state index is -0.542. The molecule has 1 aliphatic carbocycles. The molecule has 222 valence electrons. The Labute approximate surface area is 240 Å². The van der Waals surface area contributed by atoms with Crippen LogP contribution in [-0.2, 0) is 14.4 Å². The van der Waals surface area contributed by atoms with Gasteiger partial charge in [0, 0.05) is 62.6 Å². The highest BCUT2D eigenvalue weighted by Crippen LogP contribution is 2.32. The predicted octanol–water partition coefficient (Wildman–Crippen LogP) is 2.68. The van der Waals surface area contributed by atoms with E-state index in [0.717, 1.165) is 38.5 Å². The van der Waals surface area contributed by atoms with Crippen molar-refractivity contribution in [3.05, 3.63) is 23.8 Å². The maximum Gasteiger partial charge on any atom is 0.328 e. The number of likely N-dealkylation sites (tertiary alicyclic amines) is 2. The first-order valence-electron chi connectivity index (χ1n) is 15.0. The molecule has 0 aromatic heterocycles. The van der Waals surface area contributed by atoms with E-state index in [1.165, 1.54) is 18.4 Å². The van der Waals surface area contributed by atoms with Gasteiger partial charge >= 0.3 is 6.03 Å². The fraction of sp³-hybridized carbons (Fsp3) is 0.633. The number of ether oxygens (including phenoxy) is 1. The summed E-state index contributed by atoms with van der Waals surface area (Å²) in [4.78, 5) is 68.3. The molecule has 11 nitrogen and oxygen atoms in total. The van der Waals surface area contributed by atoms with Gasteiger partial charge in [0.25, 0.3) is 5.91 Å². The van der Waals surface area contributed by atoms with E-state index in [0.29, 0.717) is 56.0 Å². The number of nitrogens with zero attached hydrogens (tertiary/aromatic N) is 3. The van der Waals surface area contributed by atoms with Gasteiger partial charge in [-0.15, -0.1) is 0 Å². The van der Waals surface area contributed by atoms with Crippen molar-refractivity contribution in [3.8, 4) is 5.75 Å². The number of anilines is 1. The number of carbonyl (C=O) groups is 5. The SMILES string of the molecule is COc1ccc(C(=O)N2CCC(C(=O)N3CCC(NC(=O)C4CCCCC4)CC3)CC2)cc1N1CCC(=O)NC1=O. The summed E-state index contributed by atoms with van der Waals surface area (Å²) in [5.74, 6) is 0.302. The maximum absolute atomic E-state index is 13.4. The molecule has 3 saturated heterocycles. The van der Waals surface area contributed by atoms with E-state index in [4.69, 9.17) is 4.74 Å². The summed E-state index contributed by atoms with van der Waals surface area (Å²) in [7, 11) is 1.49. The summed E-state index contributed by atoms with van der Waals surface area (Å²) in [6, 6.07) is 4.55. The average molecular weight is 568 g/mol. The lowest BCUT2D eigenvalue weighted by Crippen LogP contribution is -2.50. The first-order valence-corrected chi connectivity index (χ1v) is 15.0. The number of methoxy groups -OCH3 is 1. The molecule has 11 heteroatoms. The molecule has 1 aromatic rings. The van der Waals surface area contributed by atoms with Gasteiger partial charge in [0.1, 0.15) is 5.75 Å². The summed E-state index contributed by atoms with van der Waals surface area (Å²) < 4.78 is 5.41. The Morgan fingerprint density at radius 3 is 2.20 bits per heavy atom. The van der Waals surface area contributed by atoms with Crippen LogP contribution in [-0.4, -0.2) is 85.3 Å². The largest absolute Gasteiger partial charge is 0.495 e. The Hall–Kier alpha value is -3.63. The number of hydrogen-bond acceptors (Lipinski definition) is 6. The summed E-state index contributed by atoms with van der Waals surface area (Å²) in [6.45, 7) is 2.46. The van der Waals surface area contributed by atoms with Crippen LogP contribution in [0, 0.1) is 11.8 Å². The van der Waals surface area contributed by atoms with Crippen LogP contribution in [0.5, 0.6) is 5.75 Å². The van der Waals surface area contributed by atoms with Crippen LogP contribution in [0.25, 0.3) is 0 Å². The zero-order chi connectivity index (χ0) is 28.9. The number of amides is 6. The molecule has 1 saturated carbocycles. The summed E-state index contributed by atoms with van der Waals surface area (Å²) in [6.07, 6.45) is 8.40. The van der Waals surface area contributed by atoms with E-state index in [-0.39, 0.29) is 54.5 Å². The molecule has 0 radical (unpaired) electrons. The zero-order valence-corrected chi connectivity index (χ0v) is 23.9. The lowest BCUT2D eigenvalue weighted by Gasteiger charge is -2.38. The molecule has 4 fully saturated rings. The molecular formula is C30H41N5O6. The van der Waals surface area contributed by atoms with Gasteiger partial charge in [0.2, 0.25) is 17.7 Å². The summed E-state index contributed by atoms with van der Waals surface area (Å²) >= 11 is 0. The second-order valence-electron chi connectivity index (χ2n) is 11.7. The van der Waals surface area contributed by atoms with Crippen LogP contribution in [0.2, 0.25) is 0 Å². The molecule has 0 bridgehead atoms. The van der Waals surface area contributed by atoms with Crippen molar-refractivity contribution in [1.82, 2.24) is 20.4 Å². The van der Waals surface area contributed by atoms with E-state index in [2.05, 4.69) is 10.6 Å². The highest BCUT2D eigenvalue weighted by Gasteiger charge is 2.34. The highest BCUT2D eigenvalue weighted by molar-refractivity contribution is 6.07. The van der Waals surface area contributed by atoms with Gasteiger partial charge in [-0.05, 0) is 56.7 Å². The fourth-order valence-corrected chi connectivity index (χ4v) is 6.53. The molecule has 0 unspecified atom stereocenters. The topological polar surface area (TPSA) is 128 Å². The Morgan fingerprint density at radius 1 is 0.854 bits per heavy atom. The van der Waals surface area contributed by atoms with E-state index in [1.807, 2.05) is 4.90 Å². The van der Waals surface area contributed by atoms with Crippen molar-refractivity contribution in [1.29, 1.82) is 0 Å². The molecule has 0 spiro atoms. The van der Waals surface area contributed by atoms with Crippen LogP contribution in [0.1, 0.15) is 74.6 Å². The average Bonchev–Trinajstić information content (AvgIpc) is 3.01. The number of hydrogen-bond donors (Lipinski definition) is 2. The van der Waals surface area contributed by atoms with Crippen molar-refractivity contribution >= 4 is 35.3 Å². The molecule has 5 rings (SSSR count). The van der Waals surface area contributed by atoms with Crippen LogP contribution in [0.4, 0.5) is 10.5 Å². The normalized spacial score (nSPS) is 21.4. The standard InChI is InChI=1S/C30H41N5O6/c1-41-25-8-7-22(19-24(25)35-18-13-26(36)32-30(35)40)29(39)33-14-9-21(10-15-33)28(38)34-16-11-23(12-17-34)31-27(37)20-5-3-2-4-6-20/h7-8,19-21,23H,2-6,9-18H2,1H3,(H,31,37)(H,32,36,40). The quantitative estimate of drug-likeness (QED) is 0.544. The number of rotatable bonds is 6. The van der Waals surface area contributed by atoms with Crippen LogP contribution in [0.3, 0.4) is 0 Å². The number of carbonyl (C=O) groups excluding carboxylic acids is 5. The Bertz CT molecular complexity index is 1170. The second-order valence-corrected chi connectivity index (χ2v) is 11.7. The first kappa shape index (κ1) is 28.9. The third-order valence-electron chi connectivity index (χ3n) is 9.03. The van der Waals surface area contributed by atoms with E-state index < -0.39 is 6.03 Å². The monoisotopic (exact) mass is 567 g/mol. The molecule has 41 heavy (non-hydrogen) atoms. The molecule has 0 atom stereocenters. The lowest BCUT2D eigenvalue weighted by molar-refractivity contribution is -0.138. The zero-order valence-electron chi connectivity index (χ0n) is 23.9. The third-order valence-corrected chi connectivity index (χ3v) is 9.03. The van der Waals surface area contributed by atoms with Gasteiger partial charge in [-0.3, -0.25) is 29.4 Å².